The van der Waals surface area contributed by atoms with Crippen molar-refractivity contribution in [2.75, 3.05) is 13.2 Å². The summed E-state index contributed by atoms with van der Waals surface area (Å²) < 4.78 is 6.05. The van der Waals surface area contributed by atoms with Gasteiger partial charge < -0.3 is 9.64 Å². The predicted octanol–water partition coefficient (Wildman–Crippen LogP) is 3.97. The van der Waals surface area contributed by atoms with E-state index in [2.05, 4.69) is 12.1 Å². The fraction of sp³-hybridized carbons (Fsp3) is 0.421. The number of amides is 1. The van der Waals surface area contributed by atoms with Gasteiger partial charge in [0.05, 0.1) is 6.61 Å². The Hall–Kier alpha value is -1.87. The van der Waals surface area contributed by atoms with E-state index in [9.17, 15) is 4.79 Å². The summed E-state index contributed by atoms with van der Waals surface area (Å²) in [6.07, 6.45) is 5.51. The first kappa shape index (κ1) is 13.8. The molecule has 0 radical (unpaired) electrons. The molecule has 114 valence electrons. The molecule has 2 aromatic rings. The summed E-state index contributed by atoms with van der Waals surface area (Å²) in [7, 11) is 0. The van der Waals surface area contributed by atoms with Gasteiger partial charge in [-0.1, -0.05) is 42.8 Å². The monoisotopic (exact) mass is 295 g/mol. The van der Waals surface area contributed by atoms with Crippen molar-refractivity contribution >= 4 is 16.7 Å². The van der Waals surface area contributed by atoms with E-state index >= 15 is 0 Å². The first-order valence-corrected chi connectivity index (χ1v) is 8.24. The minimum Gasteiger partial charge on any atom is -0.354 e. The van der Waals surface area contributed by atoms with Gasteiger partial charge in [0, 0.05) is 12.1 Å². The Bertz CT molecular complexity index is 698. The molecule has 4 rings (SSSR count). The fourth-order valence-electron chi connectivity index (χ4n) is 3.97. The summed E-state index contributed by atoms with van der Waals surface area (Å²) >= 11 is 0. The lowest BCUT2D eigenvalue weighted by molar-refractivity contribution is -0.0918. The number of nitrogens with zero attached hydrogens (tertiary/aromatic N) is 1. The van der Waals surface area contributed by atoms with Crippen LogP contribution in [-0.2, 0) is 4.74 Å². The Kier molecular flexibility index (Phi) is 3.38. The second-order valence-electron chi connectivity index (χ2n) is 6.34. The van der Waals surface area contributed by atoms with Crippen LogP contribution in [-0.4, -0.2) is 29.7 Å². The Morgan fingerprint density at radius 1 is 1.00 bits per heavy atom. The lowest BCUT2D eigenvalue weighted by Crippen LogP contribution is -2.49. The molecule has 1 spiro atoms. The molecule has 0 atom stereocenters. The smallest absolute Gasteiger partial charge is 0.256 e. The second-order valence-corrected chi connectivity index (χ2v) is 6.34. The molecule has 1 heterocycles. The lowest BCUT2D eigenvalue weighted by atomic mass is 9.90. The maximum absolute atomic E-state index is 13.2. The van der Waals surface area contributed by atoms with Gasteiger partial charge in [-0.15, -0.1) is 0 Å². The highest BCUT2D eigenvalue weighted by atomic mass is 16.5. The number of ether oxygens (including phenoxy) is 1. The highest BCUT2D eigenvalue weighted by molar-refractivity contribution is 6.07. The minimum absolute atomic E-state index is 0.121. The average molecular weight is 295 g/mol. The molecule has 3 nitrogen and oxygen atoms in total. The zero-order valence-corrected chi connectivity index (χ0v) is 12.8. The average Bonchev–Trinajstić information content (AvgIpc) is 2.97. The summed E-state index contributed by atoms with van der Waals surface area (Å²) in [6, 6.07) is 14.1. The number of rotatable bonds is 1. The van der Waals surface area contributed by atoms with E-state index in [4.69, 9.17) is 4.74 Å². The van der Waals surface area contributed by atoms with Gasteiger partial charge in [0.2, 0.25) is 0 Å². The summed E-state index contributed by atoms with van der Waals surface area (Å²) in [5.41, 5.74) is 0.459. The van der Waals surface area contributed by atoms with Crippen LogP contribution in [0.25, 0.3) is 10.8 Å². The molecule has 1 amide bonds. The van der Waals surface area contributed by atoms with Gasteiger partial charge in [-0.2, -0.15) is 0 Å². The van der Waals surface area contributed by atoms with Crippen LogP contribution in [0.2, 0.25) is 0 Å². The van der Waals surface area contributed by atoms with Crippen molar-refractivity contribution in [3.05, 3.63) is 48.0 Å². The van der Waals surface area contributed by atoms with Crippen LogP contribution in [0.1, 0.15) is 42.5 Å². The van der Waals surface area contributed by atoms with E-state index < -0.39 is 0 Å². The third-order valence-electron chi connectivity index (χ3n) is 5.08. The van der Waals surface area contributed by atoms with Crippen molar-refractivity contribution in [3.63, 3.8) is 0 Å². The predicted molar refractivity (Wildman–Crippen MR) is 86.8 cm³/mol. The molecular formula is C19H21NO2. The van der Waals surface area contributed by atoms with E-state index in [0.717, 1.165) is 42.0 Å². The Morgan fingerprint density at radius 2 is 1.77 bits per heavy atom. The van der Waals surface area contributed by atoms with Crippen LogP contribution < -0.4 is 0 Å². The molecule has 2 aromatic carbocycles. The van der Waals surface area contributed by atoms with Gasteiger partial charge >= 0.3 is 0 Å². The van der Waals surface area contributed by atoms with Gasteiger partial charge in [-0.05, 0) is 42.5 Å². The van der Waals surface area contributed by atoms with Crippen molar-refractivity contribution in [2.45, 2.75) is 37.8 Å². The maximum atomic E-state index is 13.2. The highest BCUT2D eigenvalue weighted by Gasteiger charge is 2.45. The van der Waals surface area contributed by atoms with Crippen molar-refractivity contribution in [1.82, 2.24) is 4.90 Å². The molecule has 1 aliphatic heterocycles. The number of hydrogen-bond acceptors (Lipinski definition) is 2. The fourth-order valence-corrected chi connectivity index (χ4v) is 3.97. The molecule has 0 bridgehead atoms. The maximum Gasteiger partial charge on any atom is 0.256 e. The summed E-state index contributed by atoms with van der Waals surface area (Å²) in [5.74, 6) is 0.121. The number of hydrogen-bond donors (Lipinski definition) is 0. The van der Waals surface area contributed by atoms with Crippen LogP contribution in [0.4, 0.5) is 0 Å². The number of carbonyl (C=O) groups is 1. The van der Waals surface area contributed by atoms with Gasteiger partial charge in [0.25, 0.3) is 5.91 Å². The minimum atomic E-state index is -0.341. The number of benzene rings is 2. The van der Waals surface area contributed by atoms with Gasteiger partial charge in [0.1, 0.15) is 5.72 Å². The first-order valence-electron chi connectivity index (χ1n) is 8.24. The molecule has 2 aliphatic rings. The molecule has 2 fully saturated rings. The standard InChI is InChI=1S/C19H21NO2/c21-18(17-10-6-8-15-7-2-3-9-16(15)17)20-13-14-22-19(20)11-4-1-5-12-19/h2-3,6-10H,1,4-5,11-14H2. The van der Waals surface area contributed by atoms with Crippen LogP contribution in [0.5, 0.6) is 0 Å². The molecule has 0 unspecified atom stereocenters. The quantitative estimate of drug-likeness (QED) is 0.796. The Labute approximate surface area is 130 Å². The van der Waals surface area contributed by atoms with Crippen molar-refractivity contribution < 1.29 is 9.53 Å². The molecule has 0 aromatic heterocycles. The van der Waals surface area contributed by atoms with Crippen LogP contribution >= 0.6 is 0 Å². The Morgan fingerprint density at radius 3 is 2.64 bits per heavy atom. The molecular weight excluding hydrogens is 274 g/mol. The normalized spacial score (nSPS) is 20.6. The molecule has 22 heavy (non-hydrogen) atoms. The van der Waals surface area contributed by atoms with Gasteiger partial charge in [0.15, 0.2) is 0 Å². The summed E-state index contributed by atoms with van der Waals surface area (Å²) in [6.45, 7) is 1.37. The van der Waals surface area contributed by atoms with E-state index in [-0.39, 0.29) is 11.6 Å². The van der Waals surface area contributed by atoms with Crippen LogP contribution in [0.3, 0.4) is 0 Å². The van der Waals surface area contributed by atoms with Gasteiger partial charge in [-0.25, -0.2) is 0 Å². The van der Waals surface area contributed by atoms with Crippen molar-refractivity contribution in [1.29, 1.82) is 0 Å². The SMILES string of the molecule is O=C(c1cccc2ccccc12)N1CCOC12CCCCC2. The van der Waals surface area contributed by atoms with E-state index in [1.807, 2.05) is 35.2 Å². The topological polar surface area (TPSA) is 29.5 Å². The highest BCUT2D eigenvalue weighted by Crippen LogP contribution is 2.39. The van der Waals surface area contributed by atoms with Crippen LogP contribution in [0, 0.1) is 0 Å². The molecule has 1 saturated carbocycles. The van der Waals surface area contributed by atoms with E-state index in [1.54, 1.807) is 0 Å². The Balaban J connectivity index is 1.74. The second kappa shape index (κ2) is 5.40. The van der Waals surface area contributed by atoms with Crippen molar-refractivity contribution in [2.24, 2.45) is 0 Å². The molecule has 1 aliphatic carbocycles. The van der Waals surface area contributed by atoms with Gasteiger partial charge in [-0.3, -0.25) is 4.79 Å². The third-order valence-corrected chi connectivity index (χ3v) is 5.08. The largest absolute Gasteiger partial charge is 0.354 e. The molecule has 3 heteroatoms. The van der Waals surface area contributed by atoms with E-state index in [1.165, 1.54) is 6.42 Å². The molecule has 1 saturated heterocycles. The number of carbonyl (C=O) groups excluding carboxylic acids is 1. The first-order chi connectivity index (χ1) is 10.8. The third kappa shape index (κ3) is 2.12. The van der Waals surface area contributed by atoms with Crippen LogP contribution in [0.15, 0.2) is 42.5 Å². The van der Waals surface area contributed by atoms with Crippen molar-refractivity contribution in [3.8, 4) is 0 Å². The lowest BCUT2D eigenvalue weighted by Gasteiger charge is -2.40. The molecule has 0 N–H and O–H groups in total. The zero-order chi connectivity index (χ0) is 15.0. The number of fused-ring (bicyclic) bond motifs is 1. The zero-order valence-electron chi connectivity index (χ0n) is 12.8. The summed E-state index contributed by atoms with van der Waals surface area (Å²) in [5, 5.41) is 2.15. The van der Waals surface area contributed by atoms with E-state index in [0.29, 0.717) is 13.2 Å². The summed E-state index contributed by atoms with van der Waals surface area (Å²) in [4.78, 5) is 15.2.